The van der Waals surface area contributed by atoms with Gasteiger partial charge in [0.25, 0.3) is 5.56 Å². The summed E-state index contributed by atoms with van der Waals surface area (Å²) in [6.07, 6.45) is 2.63. The Morgan fingerprint density at radius 2 is 1.95 bits per heavy atom. The lowest BCUT2D eigenvalue weighted by atomic mass is 9.87. The van der Waals surface area contributed by atoms with Crippen molar-refractivity contribution in [2.75, 3.05) is 19.6 Å². The fraction of sp³-hybridized carbons (Fsp3) is 0.419. The standard InChI is InChI=1S/C31H33FN4O5/c1-18-5-3-7-25(40-31(38)39)27(18)24-6-4-13-36-29(24)33-19(2)22(30(36)37)12-16-35-14-10-20(11-15-35)28-23-9-8-21(32)17-26(23)41-34-28/h3,5,7-9,17,20,24H,4,6,10-16H2,1-2H3,(H,38,39). The molecule has 0 aliphatic carbocycles. The van der Waals surface area contributed by atoms with Crippen LogP contribution in [0.3, 0.4) is 0 Å². The topological polar surface area (TPSA) is 111 Å². The molecule has 1 fully saturated rings. The van der Waals surface area contributed by atoms with Crippen LogP contribution in [0.4, 0.5) is 9.18 Å². The third kappa shape index (κ3) is 5.24. The molecular weight excluding hydrogens is 527 g/mol. The molecule has 2 aliphatic heterocycles. The lowest BCUT2D eigenvalue weighted by Gasteiger charge is -2.32. The lowest BCUT2D eigenvalue weighted by molar-refractivity contribution is 0.143. The van der Waals surface area contributed by atoms with Crippen LogP contribution in [0.25, 0.3) is 11.0 Å². The van der Waals surface area contributed by atoms with Crippen molar-refractivity contribution in [1.29, 1.82) is 0 Å². The number of carbonyl (C=O) groups is 1. The molecule has 4 heterocycles. The van der Waals surface area contributed by atoms with Crippen molar-refractivity contribution < 1.29 is 23.6 Å². The van der Waals surface area contributed by atoms with Gasteiger partial charge in [-0.2, -0.15) is 0 Å². The minimum Gasteiger partial charge on any atom is -0.449 e. The molecule has 2 aromatic heterocycles. The Morgan fingerprint density at radius 1 is 1.15 bits per heavy atom. The van der Waals surface area contributed by atoms with Crippen molar-refractivity contribution in [3.05, 3.63) is 86.5 Å². The number of fused-ring (bicyclic) bond motifs is 2. The third-order valence-electron chi connectivity index (χ3n) is 8.63. The van der Waals surface area contributed by atoms with Crippen LogP contribution in [0.15, 0.2) is 45.7 Å². The highest BCUT2D eigenvalue weighted by Gasteiger charge is 2.31. The zero-order chi connectivity index (χ0) is 28.7. The van der Waals surface area contributed by atoms with Gasteiger partial charge in [-0.15, -0.1) is 0 Å². The van der Waals surface area contributed by atoms with Crippen LogP contribution in [0.2, 0.25) is 0 Å². The fourth-order valence-corrected chi connectivity index (χ4v) is 6.56. The summed E-state index contributed by atoms with van der Waals surface area (Å²) in [5.41, 5.74) is 4.50. The van der Waals surface area contributed by atoms with Gasteiger partial charge in [0.05, 0.1) is 5.69 Å². The van der Waals surface area contributed by atoms with Gasteiger partial charge in [-0.1, -0.05) is 17.3 Å². The van der Waals surface area contributed by atoms with Gasteiger partial charge in [0.15, 0.2) is 5.58 Å². The first kappa shape index (κ1) is 27.1. The molecule has 0 bridgehead atoms. The number of aromatic nitrogens is 3. The molecule has 2 aliphatic rings. The smallest absolute Gasteiger partial charge is 0.449 e. The molecule has 1 unspecified atom stereocenters. The number of hydrogen-bond acceptors (Lipinski definition) is 7. The van der Waals surface area contributed by atoms with E-state index in [4.69, 9.17) is 14.2 Å². The summed E-state index contributed by atoms with van der Waals surface area (Å²) in [4.78, 5) is 32.4. The third-order valence-corrected chi connectivity index (χ3v) is 8.63. The summed E-state index contributed by atoms with van der Waals surface area (Å²) in [6, 6.07) is 9.91. The first-order valence-electron chi connectivity index (χ1n) is 14.2. The summed E-state index contributed by atoms with van der Waals surface area (Å²) >= 11 is 0. The van der Waals surface area contributed by atoms with E-state index in [1.807, 2.05) is 19.9 Å². The fourth-order valence-electron chi connectivity index (χ4n) is 6.56. The average molecular weight is 561 g/mol. The second kappa shape index (κ2) is 11.1. The van der Waals surface area contributed by atoms with Crippen LogP contribution in [0, 0.1) is 19.7 Å². The van der Waals surface area contributed by atoms with Gasteiger partial charge >= 0.3 is 6.16 Å². The first-order chi connectivity index (χ1) is 19.8. The van der Waals surface area contributed by atoms with E-state index < -0.39 is 6.16 Å². The predicted molar refractivity (Wildman–Crippen MR) is 150 cm³/mol. The van der Waals surface area contributed by atoms with Crippen molar-refractivity contribution in [3.63, 3.8) is 0 Å². The normalized spacial score (nSPS) is 18.0. The molecule has 214 valence electrons. The number of halogens is 1. The van der Waals surface area contributed by atoms with E-state index in [-0.39, 0.29) is 23.2 Å². The number of likely N-dealkylation sites (tertiary alicyclic amines) is 1. The van der Waals surface area contributed by atoms with E-state index in [0.717, 1.165) is 78.8 Å². The van der Waals surface area contributed by atoms with Gasteiger partial charge < -0.3 is 19.3 Å². The molecule has 4 aromatic rings. The minimum absolute atomic E-state index is 0.0114. The predicted octanol–water partition coefficient (Wildman–Crippen LogP) is 5.55. The van der Waals surface area contributed by atoms with Gasteiger partial charge in [0, 0.05) is 53.2 Å². The van der Waals surface area contributed by atoms with E-state index >= 15 is 0 Å². The second-order valence-corrected chi connectivity index (χ2v) is 11.1. The number of rotatable bonds is 6. The summed E-state index contributed by atoms with van der Waals surface area (Å²) in [5.74, 6) is 0.668. The van der Waals surface area contributed by atoms with E-state index in [9.17, 15) is 19.1 Å². The summed E-state index contributed by atoms with van der Waals surface area (Å²) in [7, 11) is 0. The van der Waals surface area contributed by atoms with Gasteiger partial charge in [-0.05, 0) is 82.8 Å². The molecule has 0 radical (unpaired) electrons. The van der Waals surface area contributed by atoms with Crippen LogP contribution in [-0.2, 0) is 13.0 Å². The van der Waals surface area contributed by atoms with E-state index in [1.165, 1.54) is 12.1 Å². The molecule has 2 aromatic carbocycles. The van der Waals surface area contributed by atoms with Gasteiger partial charge in [-0.25, -0.2) is 14.2 Å². The number of piperidine rings is 1. The van der Waals surface area contributed by atoms with Crippen LogP contribution in [0.5, 0.6) is 5.75 Å². The SMILES string of the molecule is Cc1cccc(OC(=O)O)c1C1CCCn2c1nc(C)c(CCN1CCC(c3noc4cc(F)ccc34)CC1)c2=O. The summed E-state index contributed by atoms with van der Waals surface area (Å²) in [6.45, 7) is 6.91. The zero-order valence-electron chi connectivity index (χ0n) is 23.2. The van der Waals surface area contributed by atoms with Crippen LogP contribution in [0.1, 0.15) is 71.4 Å². The Morgan fingerprint density at radius 3 is 2.73 bits per heavy atom. The molecule has 0 saturated carbocycles. The molecule has 1 atom stereocenters. The number of nitrogens with zero attached hydrogens (tertiary/aromatic N) is 4. The van der Waals surface area contributed by atoms with Gasteiger partial charge in [0.2, 0.25) is 0 Å². The number of hydrogen-bond donors (Lipinski definition) is 1. The van der Waals surface area contributed by atoms with Crippen LogP contribution >= 0.6 is 0 Å². The first-order valence-corrected chi connectivity index (χ1v) is 14.2. The molecule has 6 rings (SSSR count). The molecule has 10 heteroatoms. The van der Waals surface area contributed by atoms with Crippen LogP contribution in [-0.4, -0.2) is 50.5 Å². The number of aryl methyl sites for hydroxylation is 2. The van der Waals surface area contributed by atoms with Crippen molar-refractivity contribution >= 4 is 17.1 Å². The molecule has 0 spiro atoms. The molecule has 0 amide bonds. The van der Waals surface area contributed by atoms with E-state index in [1.54, 1.807) is 22.8 Å². The Bertz CT molecular complexity index is 1670. The summed E-state index contributed by atoms with van der Waals surface area (Å²) in [5, 5.41) is 14.4. The van der Waals surface area contributed by atoms with Gasteiger partial charge in [0.1, 0.15) is 17.4 Å². The maximum Gasteiger partial charge on any atom is 0.511 e. The second-order valence-electron chi connectivity index (χ2n) is 11.1. The molecule has 41 heavy (non-hydrogen) atoms. The average Bonchev–Trinajstić information content (AvgIpc) is 3.36. The van der Waals surface area contributed by atoms with E-state index in [2.05, 4.69) is 10.1 Å². The summed E-state index contributed by atoms with van der Waals surface area (Å²) < 4.78 is 25.8. The number of carboxylic acid groups (broad SMARTS) is 1. The zero-order valence-corrected chi connectivity index (χ0v) is 23.2. The Labute approximate surface area is 236 Å². The van der Waals surface area contributed by atoms with E-state index in [0.29, 0.717) is 30.1 Å². The molecule has 9 nitrogen and oxygen atoms in total. The van der Waals surface area contributed by atoms with Crippen molar-refractivity contribution in [2.45, 2.75) is 64.3 Å². The van der Waals surface area contributed by atoms with Crippen LogP contribution < -0.4 is 10.3 Å². The maximum atomic E-state index is 13.7. The minimum atomic E-state index is -1.36. The highest BCUT2D eigenvalue weighted by molar-refractivity contribution is 5.79. The Hall–Kier alpha value is -4.05. The van der Waals surface area contributed by atoms with Crippen molar-refractivity contribution in [3.8, 4) is 5.75 Å². The number of benzene rings is 2. The Balaban J connectivity index is 1.17. The molecule has 1 saturated heterocycles. The maximum absolute atomic E-state index is 13.7. The van der Waals surface area contributed by atoms with Crippen molar-refractivity contribution in [1.82, 2.24) is 19.6 Å². The Kier molecular flexibility index (Phi) is 7.33. The lowest BCUT2D eigenvalue weighted by Crippen LogP contribution is -2.38. The number of ether oxygens (including phenoxy) is 1. The highest BCUT2D eigenvalue weighted by Crippen LogP contribution is 2.39. The molecular formula is C31H33FN4O5. The van der Waals surface area contributed by atoms with Gasteiger partial charge in [-0.3, -0.25) is 9.36 Å². The largest absolute Gasteiger partial charge is 0.511 e. The monoisotopic (exact) mass is 560 g/mol. The quantitative estimate of drug-likeness (QED) is 0.242. The molecule has 1 N–H and O–H groups in total. The highest BCUT2D eigenvalue weighted by atomic mass is 19.1. The van der Waals surface area contributed by atoms with Crippen molar-refractivity contribution in [2.24, 2.45) is 0 Å².